The van der Waals surface area contributed by atoms with Gasteiger partial charge in [0.1, 0.15) is 5.82 Å². The van der Waals surface area contributed by atoms with Crippen LogP contribution in [-0.2, 0) is 4.74 Å². The minimum atomic E-state index is -1.25. The SMILES string of the molecule is CC(C)OC(=O)c1cc(NC(=O)c2cc(F)c(F)cc2Cl)n(-c2ccc(C(N)=O)cc2)n1. The Bertz CT molecular complexity index is 1210. The van der Waals surface area contributed by atoms with Crippen molar-refractivity contribution in [1.29, 1.82) is 0 Å². The van der Waals surface area contributed by atoms with E-state index in [1.54, 1.807) is 13.8 Å². The molecule has 0 bridgehead atoms. The van der Waals surface area contributed by atoms with E-state index >= 15 is 0 Å². The number of halogens is 3. The summed E-state index contributed by atoms with van der Waals surface area (Å²) in [5, 5.41) is 6.31. The molecule has 166 valence electrons. The van der Waals surface area contributed by atoms with E-state index in [9.17, 15) is 23.2 Å². The second-order valence-electron chi connectivity index (χ2n) is 6.89. The lowest BCUT2D eigenvalue weighted by Gasteiger charge is -2.10. The number of nitrogens with one attached hydrogen (secondary N) is 1. The molecule has 3 aromatic rings. The Morgan fingerprint density at radius 3 is 2.31 bits per heavy atom. The van der Waals surface area contributed by atoms with Crippen LogP contribution in [0.2, 0.25) is 5.02 Å². The van der Waals surface area contributed by atoms with Gasteiger partial charge in [0.05, 0.1) is 22.4 Å². The number of ether oxygens (including phenoxy) is 1. The lowest BCUT2D eigenvalue weighted by atomic mass is 10.2. The van der Waals surface area contributed by atoms with Crippen molar-refractivity contribution in [1.82, 2.24) is 9.78 Å². The molecule has 1 heterocycles. The highest BCUT2D eigenvalue weighted by Gasteiger charge is 2.21. The van der Waals surface area contributed by atoms with E-state index in [0.717, 1.165) is 0 Å². The van der Waals surface area contributed by atoms with E-state index in [1.165, 1.54) is 35.0 Å². The molecule has 2 amide bonds. The zero-order chi connectivity index (χ0) is 23.6. The number of hydrogen-bond acceptors (Lipinski definition) is 5. The Balaban J connectivity index is 2.02. The number of nitrogens with zero attached hydrogens (tertiary/aromatic N) is 2. The van der Waals surface area contributed by atoms with Crippen LogP contribution < -0.4 is 11.1 Å². The average molecular weight is 463 g/mol. The quantitative estimate of drug-likeness (QED) is 0.428. The van der Waals surface area contributed by atoms with Gasteiger partial charge in [-0.2, -0.15) is 5.10 Å². The number of carbonyl (C=O) groups is 3. The van der Waals surface area contributed by atoms with Crippen LogP contribution in [0.3, 0.4) is 0 Å². The predicted octanol–water partition coefficient (Wildman–Crippen LogP) is 3.72. The molecule has 8 nitrogen and oxygen atoms in total. The molecule has 3 N–H and O–H groups in total. The van der Waals surface area contributed by atoms with Gasteiger partial charge >= 0.3 is 5.97 Å². The van der Waals surface area contributed by atoms with Gasteiger partial charge in [-0.1, -0.05) is 11.6 Å². The Labute approximate surface area is 185 Å². The molecule has 0 fully saturated rings. The van der Waals surface area contributed by atoms with Gasteiger partial charge in [0, 0.05) is 11.6 Å². The van der Waals surface area contributed by atoms with Crippen LogP contribution in [0.5, 0.6) is 0 Å². The molecule has 1 aromatic heterocycles. The molecule has 0 aliphatic heterocycles. The van der Waals surface area contributed by atoms with Gasteiger partial charge in [-0.3, -0.25) is 9.59 Å². The highest BCUT2D eigenvalue weighted by Crippen LogP contribution is 2.24. The molecule has 0 aliphatic carbocycles. The van der Waals surface area contributed by atoms with Gasteiger partial charge in [0.15, 0.2) is 17.3 Å². The summed E-state index contributed by atoms with van der Waals surface area (Å²) in [6, 6.07) is 8.43. The Morgan fingerprint density at radius 1 is 1.09 bits per heavy atom. The molecule has 0 atom stereocenters. The summed E-state index contributed by atoms with van der Waals surface area (Å²) >= 11 is 5.87. The fourth-order valence-corrected chi connectivity index (χ4v) is 2.92. The lowest BCUT2D eigenvalue weighted by Crippen LogP contribution is -2.16. The van der Waals surface area contributed by atoms with Crippen LogP contribution in [0.1, 0.15) is 45.1 Å². The standard InChI is InChI=1S/C21H17ClF2N4O4/c1-10(2)32-21(31)17-9-18(26-20(30)13-7-15(23)16(24)8-14(13)22)28(27-17)12-5-3-11(4-6-12)19(25)29/h3-10H,1-2H3,(H2,25,29)(H,26,30). The van der Waals surface area contributed by atoms with E-state index in [1.807, 2.05) is 0 Å². The number of benzene rings is 2. The molecular formula is C21H17ClF2N4O4. The zero-order valence-corrected chi connectivity index (χ0v) is 17.6. The van der Waals surface area contributed by atoms with Crippen LogP contribution in [0.15, 0.2) is 42.5 Å². The third-order valence-corrected chi connectivity index (χ3v) is 4.47. The number of rotatable bonds is 6. The van der Waals surface area contributed by atoms with E-state index in [2.05, 4.69) is 10.4 Å². The number of primary amides is 1. The minimum absolute atomic E-state index is 0.0123. The first-order valence-corrected chi connectivity index (χ1v) is 9.61. The smallest absolute Gasteiger partial charge is 0.359 e. The lowest BCUT2D eigenvalue weighted by molar-refractivity contribution is 0.0370. The molecule has 32 heavy (non-hydrogen) atoms. The largest absolute Gasteiger partial charge is 0.458 e. The number of aromatic nitrogens is 2. The molecule has 2 aromatic carbocycles. The monoisotopic (exact) mass is 462 g/mol. The highest BCUT2D eigenvalue weighted by atomic mass is 35.5. The van der Waals surface area contributed by atoms with Gasteiger partial charge in [0.25, 0.3) is 5.91 Å². The Kier molecular flexibility index (Phi) is 6.54. The van der Waals surface area contributed by atoms with Gasteiger partial charge in [0.2, 0.25) is 5.91 Å². The summed E-state index contributed by atoms with van der Waals surface area (Å²) in [5.41, 5.74) is 5.40. The second-order valence-corrected chi connectivity index (χ2v) is 7.30. The van der Waals surface area contributed by atoms with Crippen LogP contribution in [-0.4, -0.2) is 33.7 Å². The second kappa shape index (κ2) is 9.15. The third kappa shape index (κ3) is 4.92. The number of esters is 1. The van der Waals surface area contributed by atoms with Gasteiger partial charge in [-0.15, -0.1) is 0 Å². The molecule has 3 rings (SSSR count). The van der Waals surface area contributed by atoms with Crippen molar-refractivity contribution in [2.75, 3.05) is 5.32 Å². The number of nitrogens with two attached hydrogens (primary N) is 1. The first kappa shape index (κ1) is 22.9. The number of hydrogen-bond donors (Lipinski definition) is 2. The number of anilines is 1. The Morgan fingerprint density at radius 2 is 1.72 bits per heavy atom. The highest BCUT2D eigenvalue weighted by molar-refractivity contribution is 6.34. The van der Waals surface area contributed by atoms with Crippen LogP contribution in [0, 0.1) is 11.6 Å². The number of carbonyl (C=O) groups excluding carboxylic acids is 3. The van der Waals surface area contributed by atoms with Crippen LogP contribution >= 0.6 is 11.6 Å². The summed E-state index contributed by atoms with van der Waals surface area (Å²) in [7, 11) is 0. The fourth-order valence-electron chi connectivity index (χ4n) is 2.69. The molecule has 0 unspecified atom stereocenters. The van der Waals surface area contributed by atoms with Gasteiger partial charge < -0.3 is 15.8 Å². The molecule has 0 radical (unpaired) electrons. The first-order chi connectivity index (χ1) is 15.1. The van der Waals surface area contributed by atoms with Crippen molar-refractivity contribution in [3.8, 4) is 5.69 Å². The first-order valence-electron chi connectivity index (χ1n) is 9.24. The predicted molar refractivity (Wildman–Crippen MR) is 112 cm³/mol. The molecule has 11 heteroatoms. The molecular weight excluding hydrogens is 446 g/mol. The topological polar surface area (TPSA) is 116 Å². The maximum Gasteiger partial charge on any atom is 0.359 e. The van der Waals surface area contributed by atoms with E-state index < -0.39 is 35.5 Å². The van der Waals surface area contributed by atoms with Crippen molar-refractivity contribution in [3.05, 3.63) is 75.9 Å². The summed E-state index contributed by atoms with van der Waals surface area (Å²) in [5.74, 6) is -4.69. The van der Waals surface area contributed by atoms with E-state index in [0.29, 0.717) is 17.8 Å². The van der Waals surface area contributed by atoms with Gasteiger partial charge in [-0.25, -0.2) is 18.3 Å². The van der Waals surface area contributed by atoms with Crippen molar-refractivity contribution in [3.63, 3.8) is 0 Å². The van der Waals surface area contributed by atoms with Crippen molar-refractivity contribution in [2.24, 2.45) is 5.73 Å². The zero-order valence-electron chi connectivity index (χ0n) is 16.9. The summed E-state index contributed by atoms with van der Waals surface area (Å²) in [4.78, 5) is 36.3. The summed E-state index contributed by atoms with van der Waals surface area (Å²) in [6.45, 7) is 3.32. The maximum absolute atomic E-state index is 13.6. The molecule has 0 saturated heterocycles. The van der Waals surface area contributed by atoms with Crippen LogP contribution in [0.4, 0.5) is 14.6 Å². The minimum Gasteiger partial charge on any atom is -0.458 e. The Hall–Kier alpha value is -3.79. The van der Waals surface area contributed by atoms with Crippen molar-refractivity contribution in [2.45, 2.75) is 20.0 Å². The summed E-state index contributed by atoms with van der Waals surface area (Å²) in [6.07, 6.45) is -0.415. The van der Waals surface area contributed by atoms with Gasteiger partial charge in [-0.05, 0) is 50.2 Å². The van der Waals surface area contributed by atoms with E-state index in [4.69, 9.17) is 22.1 Å². The summed E-state index contributed by atoms with van der Waals surface area (Å²) < 4.78 is 33.3. The molecule has 0 saturated carbocycles. The average Bonchev–Trinajstić information content (AvgIpc) is 3.14. The van der Waals surface area contributed by atoms with Crippen molar-refractivity contribution < 1.29 is 27.9 Å². The number of amides is 2. The maximum atomic E-state index is 13.6. The molecule has 0 spiro atoms. The van der Waals surface area contributed by atoms with Crippen molar-refractivity contribution >= 4 is 35.2 Å². The van der Waals surface area contributed by atoms with Crippen LogP contribution in [0.25, 0.3) is 5.69 Å². The van der Waals surface area contributed by atoms with E-state index in [-0.39, 0.29) is 27.7 Å². The fraction of sp³-hybridized carbons (Fsp3) is 0.143. The molecule has 0 aliphatic rings. The normalized spacial score (nSPS) is 10.8. The third-order valence-electron chi connectivity index (χ3n) is 4.15.